The molecule has 0 spiro atoms. The summed E-state index contributed by atoms with van der Waals surface area (Å²) in [5.41, 5.74) is 1.06. The lowest BCUT2D eigenvalue weighted by Crippen LogP contribution is -2.58. The maximum Gasteiger partial charge on any atom is 0.256 e. The molecule has 5 nitrogen and oxygen atoms in total. The molecule has 0 bridgehead atoms. The predicted octanol–water partition coefficient (Wildman–Crippen LogP) is 1.98. The van der Waals surface area contributed by atoms with Crippen molar-refractivity contribution in [2.24, 2.45) is 0 Å². The van der Waals surface area contributed by atoms with Crippen molar-refractivity contribution in [3.8, 4) is 0 Å². The topological polar surface area (TPSA) is 64.0 Å². The Labute approximate surface area is 151 Å². The summed E-state index contributed by atoms with van der Waals surface area (Å²) < 4.78 is 0. The predicted molar refractivity (Wildman–Crippen MR) is 99.3 cm³/mol. The van der Waals surface area contributed by atoms with E-state index in [1.165, 1.54) is 5.56 Å². The molecule has 1 aliphatic heterocycles. The minimum atomic E-state index is -1.32. The van der Waals surface area contributed by atoms with Gasteiger partial charge in [-0.1, -0.05) is 38.1 Å². The Morgan fingerprint density at radius 3 is 2.56 bits per heavy atom. The lowest BCUT2D eigenvalue weighted by Gasteiger charge is -2.40. The van der Waals surface area contributed by atoms with Crippen molar-refractivity contribution in [1.82, 2.24) is 9.80 Å². The van der Waals surface area contributed by atoms with Crippen LogP contribution >= 0.6 is 0 Å². The highest BCUT2D eigenvalue weighted by Crippen LogP contribution is 2.25. The number of aliphatic hydroxyl groups is 2. The van der Waals surface area contributed by atoms with Gasteiger partial charge in [-0.05, 0) is 43.4 Å². The van der Waals surface area contributed by atoms with Gasteiger partial charge < -0.3 is 20.0 Å². The number of benzene rings is 1. The molecule has 25 heavy (non-hydrogen) atoms. The van der Waals surface area contributed by atoms with Gasteiger partial charge in [0.25, 0.3) is 5.91 Å². The number of likely N-dealkylation sites (N-methyl/N-ethyl adjacent to an activating group) is 1. The quantitative estimate of drug-likeness (QED) is 0.754. The average molecular weight is 348 g/mol. The van der Waals surface area contributed by atoms with Gasteiger partial charge in [0.2, 0.25) is 0 Å². The number of hydrogen-bond donors (Lipinski definition) is 2. The van der Waals surface area contributed by atoms with Gasteiger partial charge in [-0.2, -0.15) is 0 Å². The Kier molecular flexibility index (Phi) is 6.99. The number of rotatable bonds is 8. The molecule has 1 aromatic rings. The summed E-state index contributed by atoms with van der Waals surface area (Å²) in [6, 6.07) is 8.37. The Balaban J connectivity index is 2.00. The van der Waals surface area contributed by atoms with Gasteiger partial charge in [-0.3, -0.25) is 4.79 Å². The van der Waals surface area contributed by atoms with E-state index in [2.05, 4.69) is 38.1 Å². The zero-order valence-corrected chi connectivity index (χ0v) is 15.7. The van der Waals surface area contributed by atoms with E-state index < -0.39 is 5.60 Å². The summed E-state index contributed by atoms with van der Waals surface area (Å²) in [7, 11) is 1.88. The minimum absolute atomic E-state index is 0.120. The summed E-state index contributed by atoms with van der Waals surface area (Å²) in [6.45, 7) is 6.66. The number of hydrogen-bond acceptors (Lipinski definition) is 4. The summed E-state index contributed by atoms with van der Waals surface area (Å²) in [4.78, 5) is 16.5. The maximum absolute atomic E-state index is 12.8. The first-order valence-electron chi connectivity index (χ1n) is 9.26. The molecule has 140 valence electrons. The molecule has 0 radical (unpaired) electrons. The van der Waals surface area contributed by atoms with Crippen LogP contribution in [0, 0.1) is 0 Å². The number of piperidine rings is 1. The third-order valence-corrected chi connectivity index (χ3v) is 4.95. The van der Waals surface area contributed by atoms with E-state index in [0.29, 0.717) is 44.9 Å². The molecule has 1 atom stereocenters. The summed E-state index contributed by atoms with van der Waals surface area (Å²) in [5.74, 6) is 0.313. The minimum Gasteiger partial charge on any atom is -0.396 e. The van der Waals surface area contributed by atoms with Crippen molar-refractivity contribution in [2.45, 2.75) is 51.2 Å². The lowest BCUT2D eigenvalue weighted by molar-refractivity contribution is -0.159. The highest BCUT2D eigenvalue weighted by molar-refractivity contribution is 5.86. The van der Waals surface area contributed by atoms with E-state index in [0.717, 1.165) is 12.0 Å². The van der Waals surface area contributed by atoms with Gasteiger partial charge in [-0.15, -0.1) is 0 Å². The van der Waals surface area contributed by atoms with Crippen LogP contribution in [-0.4, -0.2) is 64.8 Å². The molecule has 0 aromatic heterocycles. The van der Waals surface area contributed by atoms with Gasteiger partial charge in [0, 0.05) is 32.8 Å². The first kappa shape index (κ1) is 19.9. The monoisotopic (exact) mass is 348 g/mol. The van der Waals surface area contributed by atoms with E-state index in [1.807, 2.05) is 11.9 Å². The van der Waals surface area contributed by atoms with Gasteiger partial charge >= 0.3 is 0 Å². The third kappa shape index (κ3) is 5.27. The zero-order chi connectivity index (χ0) is 18.4. The second-order valence-electron chi connectivity index (χ2n) is 7.57. The maximum atomic E-state index is 12.8. The fourth-order valence-corrected chi connectivity index (χ4v) is 3.46. The van der Waals surface area contributed by atoms with Crippen LogP contribution in [0.5, 0.6) is 0 Å². The highest BCUT2D eigenvalue weighted by atomic mass is 16.3. The molecule has 1 fully saturated rings. The molecule has 1 aliphatic rings. The molecule has 1 aromatic carbocycles. The smallest absolute Gasteiger partial charge is 0.256 e. The van der Waals surface area contributed by atoms with Crippen LogP contribution in [-0.2, 0) is 11.3 Å². The molecular weight excluding hydrogens is 316 g/mol. The molecule has 2 N–H and O–H groups in total. The fraction of sp³-hybridized carbons (Fsp3) is 0.650. The normalized spacial score (nSPS) is 21.4. The molecule has 1 amide bonds. The molecular formula is C20H32N2O3. The SMILES string of the molecule is CC(C)c1ccc(CN2CCCC(O)(CN(C)CCCO)C2=O)cc1. The van der Waals surface area contributed by atoms with Crippen LogP contribution in [0.2, 0.25) is 0 Å². The molecule has 0 aliphatic carbocycles. The van der Waals surface area contributed by atoms with Crippen LogP contribution in [0.15, 0.2) is 24.3 Å². The van der Waals surface area contributed by atoms with Crippen molar-refractivity contribution >= 4 is 5.91 Å². The van der Waals surface area contributed by atoms with Gasteiger partial charge in [0.1, 0.15) is 0 Å². The van der Waals surface area contributed by atoms with Crippen molar-refractivity contribution in [3.05, 3.63) is 35.4 Å². The van der Waals surface area contributed by atoms with Gasteiger partial charge in [0.15, 0.2) is 5.60 Å². The van der Waals surface area contributed by atoms with Crippen LogP contribution in [0.4, 0.5) is 0 Å². The largest absolute Gasteiger partial charge is 0.396 e. The van der Waals surface area contributed by atoms with E-state index in [4.69, 9.17) is 5.11 Å². The standard InChI is InChI=1S/C20H32N2O3/c1-16(2)18-8-6-17(7-9-18)14-22-12-4-10-20(25,19(22)24)15-21(3)11-5-13-23/h6-9,16,23,25H,4-5,10-15H2,1-3H3. The Hall–Kier alpha value is -1.43. The second-order valence-corrected chi connectivity index (χ2v) is 7.57. The number of carbonyl (C=O) groups is 1. The van der Waals surface area contributed by atoms with E-state index >= 15 is 0 Å². The summed E-state index contributed by atoms with van der Waals surface area (Å²) in [6.07, 6.45) is 1.95. The number of nitrogens with zero attached hydrogens (tertiary/aromatic N) is 2. The van der Waals surface area contributed by atoms with Crippen molar-refractivity contribution in [1.29, 1.82) is 0 Å². The van der Waals surface area contributed by atoms with Crippen molar-refractivity contribution in [2.75, 3.05) is 33.3 Å². The van der Waals surface area contributed by atoms with Crippen LogP contribution < -0.4 is 0 Å². The Morgan fingerprint density at radius 1 is 1.28 bits per heavy atom. The fourth-order valence-electron chi connectivity index (χ4n) is 3.46. The van der Waals surface area contributed by atoms with Crippen LogP contribution in [0.25, 0.3) is 0 Å². The molecule has 0 saturated carbocycles. The van der Waals surface area contributed by atoms with Gasteiger partial charge in [-0.25, -0.2) is 0 Å². The molecule has 1 saturated heterocycles. The first-order chi connectivity index (χ1) is 11.9. The van der Waals surface area contributed by atoms with Gasteiger partial charge in [0.05, 0.1) is 0 Å². The summed E-state index contributed by atoms with van der Waals surface area (Å²) >= 11 is 0. The average Bonchev–Trinajstić information content (AvgIpc) is 2.58. The molecule has 1 unspecified atom stereocenters. The molecule has 2 rings (SSSR count). The van der Waals surface area contributed by atoms with E-state index in [9.17, 15) is 9.90 Å². The number of amides is 1. The third-order valence-electron chi connectivity index (χ3n) is 4.95. The number of likely N-dealkylation sites (tertiary alicyclic amines) is 1. The lowest BCUT2D eigenvalue weighted by atomic mass is 9.90. The van der Waals surface area contributed by atoms with Crippen molar-refractivity contribution in [3.63, 3.8) is 0 Å². The Bertz CT molecular complexity index is 559. The number of aliphatic hydroxyl groups excluding tert-OH is 1. The summed E-state index contributed by atoms with van der Waals surface area (Å²) in [5, 5.41) is 19.8. The molecule has 1 heterocycles. The van der Waals surface area contributed by atoms with E-state index in [1.54, 1.807) is 4.90 Å². The number of carbonyl (C=O) groups excluding carboxylic acids is 1. The Morgan fingerprint density at radius 2 is 1.96 bits per heavy atom. The van der Waals surface area contributed by atoms with E-state index in [-0.39, 0.29) is 12.5 Å². The van der Waals surface area contributed by atoms with Crippen LogP contribution in [0.1, 0.15) is 50.2 Å². The second kappa shape index (κ2) is 8.79. The molecule has 5 heteroatoms. The highest BCUT2D eigenvalue weighted by Gasteiger charge is 2.42. The zero-order valence-electron chi connectivity index (χ0n) is 15.7. The first-order valence-corrected chi connectivity index (χ1v) is 9.26. The van der Waals surface area contributed by atoms with Crippen molar-refractivity contribution < 1.29 is 15.0 Å². The van der Waals surface area contributed by atoms with Crippen LogP contribution in [0.3, 0.4) is 0 Å².